The van der Waals surface area contributed by atoms with E-state index in [0.29, 0.717) is 50.4 Å². The van der Waals surface area contributed by atoms with Gasteiger partial charge >= 0.3 is 23.9 Å². The van der Waals surface area contributed by atoms with E-state index in [9.17, 15) is 28.8 Å². The van der Waals surface area contributed by atoms with Crippen molar-refractivity contribution >= 4 is 36.4 Å². The summed E-state index contributed by atoms with van der Waals surface area (Å²) in [5.74, 6) is -1.77. The van der Waals surface area contributed by atoms with Crippen LogP contribution in [0.2, 0.25) is 0 Å². The van der Waals surface area contributed by atoms with E-state index in [2.05, 4.69) is 0 Å². The van der Waals surface area contributed by atoms with Crippen molar-refractivity contribution in [2.24, 2.45) is 0 Å². The smallest absolute Gasteiger partial charge is 0.339 e. The topological polar surface area (TPSA) is 175 Å². The first kappa shape index (κ1) is 40.0. The molecule has 0 fully saturated rings. The molecule has 0 N–H and O–H groups in total. The fourth-order valence-electron chi connectivity index (χ4n) is 5.29. The minimum Gasteiger partial charge on any atom is -0.460 e. The van der Waals surface area contributed by atoms with Crippen molar-refractivity contribution in [3.8, 4) is 0 Å². The van der Waals surface area contributed by atoms with Crippen molar-refractivity contribution in [2.45, 2.75) is 71.2 Å². The highest BCUT2D eigenvalue weighted by Gasteiger charge is 2.33. The second-order valence-electron chi connectivity index (χ2n) is 12.0. The van der Waals surface area contributed by atoms with Gasteiger partial charge in [-0.25, -0.2) is 19.2 Å². The van der Waals surface area contributed by atoms with Crippen LogP contribution in [0, 0.1) is 0 Å². The Bertz CT molecular complexity index is 1860. The maximum absolute atomic E-state index is 13.4. The molecule has 0 aliphatic carbocycles. The molecule has 1 unspecified atom stereocenters. The third-order valence-electron chi connectivity index (χ3n) is 8.54. The van der Waals surface area contributed by atoms with E-state index in [1.165, 1.54) is 36.4 Å². The summed E-state index contributed by atoms with van der Waals surface area (Å²) in [6, 6.07) is 18.5. The number of rotatable bonds is 21. The lowest BCUT2D eigenvalue weighted by atomic mass is 9.97. The molecule has 1 atom stereocenters. The monoisotopic (exact) mass is 730 g/mol. The summed E-state index contributed by atoms with van der Waals surface area (Å²) in [5, 5.41) is 0. The Hall–Kier alpha value is -5.82. The van der Waals surface area contributed by atoms with Gasteiger partial charge in [-0.2, -0.15) is 0 Å². The summed E-state index contributed by atoms with van der Waals surface area (Å²) in [7, 11) is 0. The van der Waals surface area contributed by atoms with Gasteiger partial charge in [0.25, 0.3) is 0 Å². The van der Waals surface area contributed by atoms with Gasteiger partial charge in [0.1, 0.15) is 36.4 Å². The number of furan rings is 2. The van der Waals surface area contributed by atoms with Crippen LogP contribution in [0.5, 0.6) is 0 Å². The highest BCUT2D eigenvalue weighted by Crippen LogP contribution is 2.25. The van der Waals surface area contributed by atoms with Crippen molar-refractivity contribution in [2.75, 3.05) is 19.8 Å². The van der Waals surface area contributed by atoms with Gasteiger partial charge < -0.3 is 32.5 Å². The Labute approximate surface area is 306 Å². The number of esters is 4. The van der Waals surface area contributed by atoms with Crippen LogP contribution < -0.4 is 0 Å². The van der Waals surface area contributed by atoms with Gasteiger partial charge in [0.15, 0.2) is 24.1 Å². The number of hydrogen-bond acceptors (Lipinski definition) is 13. The van der Waals surface area contributed by atoms with E-state index >= 15 is 0 Å². The van der Waals surface area contributed by atoms with Crippen molar-refractivity contribution in [3.05, 3.63) is 118 Å². The van der Waals surface area contributed by atoms with E-state index in [4.69, 9.17) is 32.5 Å². The molecule has 2 aromatic heterocycles. The molecular weight excluding hydrogens is 688 g/mol. The van der Waals surface area contributed by atoms with E-state index in [0.717, 1.165) is 0 Å². The van der Waals surface area contributed by atoms with Crippen LogP contribution in [0.1, 0.15) is 121 Å². The van der Waals surface area contributed by atoms with Crippen LogP contribution >= 0.6 is 0 Å². The van der Waals surface area contributed by atoms with Gasteiger partial charge in [-0.05, 0) is 74.2 Å². The molecule has 280 valence electrons. The van der Waals surface area contributed by atoms with Gasteiger partial charge in [0.2, 0.25) is 0 Å². The molecular formula is C40H42O13. The number of carbonyl (C=O) groups is 6. The largest absolute Gasteiger partial charge is 0.460 e. The Morgan fingerprint density at radius 2 is 1.19 bits per heavy atom. The summed E-state index contributed by atoms with van der Waals surface area (Å²) in [6.45, 7) is 5.09. The third-order valence-corrected chi connectivity index (χ3v) is 8.54. The first-order valence-electron chi connectivity index (χ1n) is 17.3. The number of benzene rings is 2. The van der Waals surface area contributed by atoms with Crippen LogP contribution in [0.3, 0.4) is 0 Å². The average molecular weight is 731 g/mol. The predicted molar refractivity (Wildman–Crippen MR) is 188 cm³/mol. The van der Waals surface area contributed by atoms with E-state index < -0.39 is 35.6 Å². The zero-order valence-electron chi connectivity index (χ0n) is 29.8. The van der Waals surface area contributed by atoms with Crippen molar-refractivity contribution in [1.82, 2.24) is 0 Å². The molecule has 0 saturated heterocycles. The molecule has 0 aliphatic rings. The molecule has 4 rings (SSSR count). The summed E-state index contributed by atoms with van der Waals surface area (Å²) >= 11 is 0. The van der Waals surface area contributed by atoms with Crippen molar-refractivity contribution in [3.63, 3.8) is 0 Å². The second kappa shape index (κ2) is 19.7. The minimum absolute atomic E-state index is 0.00103. The lowest BCUT2D eigenvalue weighted by Gasteiger charge is -2.31. The number of aldehydes is 2. The summed E-state index contributed by atoms with van der Waals surface area (Å²) in [4.78, 5) is 74.1. The van der Waals surface area contributed by atoms with Crippen LogP contribution in [0.4, 0.5) is 0 Å². The van der Waals surface area contributed by atoms with Gasteiger partial charge in [-0.15, -0.1) is 0 Å². The molecule has 2 aromatic carbocycles. The second-order valence-corrected chi connectivity index (χ2v) is 12.0. The Morgan fingerprint density at radius 1 is 0.660 bits per heavy atom. The number of aryl methyl sites for hydroxylation is 1. The van der Waals surface area contributed by atoms with Gasteiger partial charge in [-0.1, -0.05) is 45.0 Å². The first-order valence-corrected chi connectivity index (χ1v) is 17.3. The molecule has 0 saturated carbocycles. The zero-order valence-corrected chi connectivity index (χ0v) is 29.8. The molecule has 13 heteroatoms. The lowest BCUT2D eigenvalue weighted by Crippen LogP contribution is -2.39. The maximum atomic E-state index is 13.4. The summed E-state index contributed by atoms with van der Waals surface area (Å²) in [5.41, 5.74) is -0.980. The number of ether oxygens (including phenoxy) is 5. The third kappa shape index (κ3) is 11.1. The van der Waals surface area contributed by atoms with Crippen LogP contribution in [-0.2, 0) is 36.7 Å². The molecule has 4 aromatic rings. The van der Waals surface area contributed by atoms with E-state index in [1.54, 1.807) is 36.4 Å². The van der Waals surface area contributed by atoms with Crippen LogP contribution in [-0.4, -0.2) is 68.0 Å². The fourth-order valence-corrected chi connectivity index (χ4v) is 5.29. The van der Waals surface area contributed by atoms with Crippen molar-refractivity contribution in [1.29, 1.82) is 0 Å². The maximum Gasteiger partial charge on any atom is 0.339 e. The van der Waals surface area contributed by atoms with Gasteiger partial charge in [0, 0.05) is 6.42 Å². The van der Waals surface area contributed by atoms with E-state index in [-0.39, 0.29) is 66.0 Å². The highest BCUT2D eigenvalue weighted by atomic mass is 16.6. The molecule has 0 aliphatic heterocycles. The SMILES string of the molecule is CCC(CCc1ccc(C=O)o1)OC(=O)c1ccccc1C(=O)OCCOCC(CC)(CC)OC(=O)c1ccccc1C(=O)OCc1ccc(C=O)o1. The minimum atomic E-state index is -1.06. The number of hydrogen-bond donors (Lipinski definition) is 0. The molecule has 0 spiro atoms. The zero-order chi connectivity index (χ0) is 38.2. The van der Waals surface area contributed by atoms with Crippen LogP contribution in [0.15, 0.2) is 81.6 Å². The fraction of sp³-hybridized carbons (Fsp3) is 0.350. The summed E-state index contributed by atoms with van der Waals surface area (Å²) < 4.78 is 38.7. The quantitative estimate of drug-likeness (QED) is 0.0371. The highest BCUT2D eigenvalue weighted by molar-refractivity contribution is 6.04. The first-order chi connectivity index (χ1) is 25.6. The van der Waals surface area contributed by atoms with Crippen LogP contribution in [0.25, 0.3) is 0 Å². The molecule has 13 nitrogen and oxygen atoms in total. The predicted octanol–water partition coefficient (Wildman–Crippen LogP) is 7.01. The Balaban J connectivity index is 1.28. The molecule has 0 bridgehead atoms. The standard InChI is InChI=1S/C40H42O13/c1-4-27(15-16-28-17-18-29(23-41)50-28)52-38(45)34-13-9-7-11-32(34)36(43)48-22-21-47-26-40(5-2,6-3)53-39(46)35-14-10-8-12-33(35)37(44)49-25-31-20-19-30(24-42)51-31/h7-14,17-20,23-24,27H,4-6,15-16,21-22,25-26H2,1-3H3. The van der Waals surface area contributed by atoms with E-state index in [1.807, 2.05) is 20.8 Å². The lowest BCUT2D eigenvalue weighted by molar-refractivity contribution is -0.0756. The number of carbonyl (C=O) groups excluding carboxylic acids is 6. The van der Waals surface area contributed by atoms with Gasteiger partial charge in [-0.3, -0.25) is 9.59 Å². The summed E-state index contributed by atoms with van der Waals surface area (Å²) in [6.07, 6.45) is 2.91. The molecule has 0 radical (unpaired) electrons. The molecule has 2 heterocycles. The van der Waals surface area contributed by atoms with Gasteiger partial charge in [0.05, 0.1) is 35.5 Å². The van der Waals surface area contributed by atoms with Crippen molar-refractivity contribution < 1.29 is 61.3 Å². The Morgan fingerprint density at radius 3 is 1.74 bits per heavy atom. The Kier molecular flexibility index (Phi) is 14.8. The molecule has 0 amide bonds. The normalized spacial score (nSPS) is 11.7. The molecule has 53 heavy (non-hydrogen) atoms. The average Bonchev–Trinajstić information content (AvgIpc) is 3.87.